The number of hydrogen-bond donors (Lipinski definition) is 1. The SMILES string of the molecule is Cl.Cl.NC(Cc1ccccc1)C(=O)N1CCN(Cc2c(F)cccc2Cl)CC1. The molecule has 3 rings (SSSR count). The lowest BCUT2D eigenvalue weighted by Crippen LogP contribution is -2.53. The highest BCUT2D eigenvalue weighted by atomic mass is 35.5. The molecule has 2 N–H and O–H groups in total. The van der Waals surface area contributed by atoms with Gasteiger partial charge in [-0.1, -0.05) is 48.0 Å². The predicted octanol–water partition coefficient (Wildman–Crippen LogP) is 3.54. The van der Waals surface area contributed by atoms with Gasteiger partial charge in [0.1, 0.15) is 5.82 Å². The number of carbonyl (C=O) groups is 1. The van der Waals surface area contributed by atoms with E-state index < -0.39 is 6.04 Å². The van der Waals surface area contributed by atoms with Crippen LogP contribution in [-0.2, 0) is 17.8 Å². The molecule has 0 aliphatic carbocycles. The normalized spacial score (nSPS) is 15.3. The Hall–Kier alpha value is -1.37. The number of amides is 1. The number of hydrogen-bond acceptors (Lipinski definition) is 3. The summed E-state index contributed by atoms with van der Waals surface area (Å²) in [6.07, 6.45) is 0.532. The summed E-state index contributed by atoms with van der Waals surface area (Å²) in [6, 6.07) is 14.0. The standard InChI is InChI=1S/C20H23ClFN3O.2ClH/c21-17-7-4-8-18(22)16(17)14-24-9-11-25(12-10-24)20(26)19(23)13-15-5-2-1-3-6-15;;/h1-8,19H,9-14,23H2;2*1H. The van der Waals surface area contributed by atoms with Gasteiger partial charge < -0.3 is 10.6 Å². The minimum Gasteiger partial charge on any atom is -0.339 e. The van der Waals surface area contributed by atoms with E-state index in [9.17, 15) is 9.18 Å². The van der Waals surface area contributed by atoms with Gasteiger partial charge in [0.25, 0.3) is 0 Å². The van der Waals surface area contributed by atoms with Crippen LogP contribution in [0, 0.1) is 5.82 Å². The van der Waals surface area contributed by atoms with E-state index in [0.717, 1.165) is 5.56 Å². The zero-order chi connectivity index (χ0) is 18.5. The monoisotopic (exact) mass is 447 g/mol. The molecular weight excluding hydrogens is 424 g/mol. The highest BCUT2D eigenvalue weighted by molar-refractivity contribution is 6.31. The zero-order valence-electron chi connectivity index (χ0n) is 15.4. The fraction of sp³-hybridized carbons (Fsp3) is 0.350. The Kier molecular flexibility index (Phi) is 10.2. The average molecular weight is 449 g/mol. The molecule has 1 atom stereocenters. The zero-order valence-corrected chi connectivity index (χ0v) is 17.8. The molecule has 1 fully saturated rings. The van der Waals surface area contributed by atoms with Crippen LogP contribution >= 0.6 is 36.4 Å². The minimum absolute atomic E-state index is 0. The molecule has 1 heterocycles. The van der Waals surface area contributed by atoms with Gasteiger partial charge in [0, 0.05) is 43.3 Å². The second-order valence-corrected chi connectivity index (χ2v) is 7.01. The molecule has 0 bridgehead atoms. The lowest BCUT2D eigenvalue weighted by molar-refractivity contribution is -0.134. The summed E-state index contributed by atoms with van der Waals surface area (Å²) in [5.74, 6) is -0.321. The number of halogens is 4. The summed E-state index contributed by atoms with van der Waals surface area (Å²) in [4.78, 5) is 16.5. The van der Waals surface area contributed by atoms with Crippen LogP contribution in [0.1, 0.15) is 11.1 Å². The minimum atomic E-state index is -0.537. The van der Waals surface area contributed by atoms with Crippen molar-refractivity contribution in [1.29, 1.82) is 0 Å². The highest BCUT2D eigenvalue weighted by Crippen LogP contribution is 2.21. The Balaban J connectivity index is 0.00000196. The summed E-state index contributed by atoms with van der Waals surface area (Å²) in [6.45, 7) is 2.98. The van der Waals surface area contributed by atoms with Crippen molar-refractivity contribution in [3.8, 4) is 0 Å². The van der Waals surface area contributed by atoms with Crippen molar-refractivity contribution in [2.45, 2.75) is 19.0 Å². The van der Waals surface area contributed by atoms with Crippen LogP contribution in [0.4, 0.5) is 4.39 Å². The number of carbonyl (C=O) groups excluding carboxylic acids is 1. The van der Waals surface area contributed by atoms with E-state index in [4.69, 9.17) is 17.3 Å². The van der Waals surface area contributed by atoms with Crippen LogP contribution in [-0.4, -0.2) is 47.9 Å². The van der Waals surface area contributed by atoms with Gasteiger partial charge in [-0.15, -0.1) is 24.8 Å². The molecule has 1 amide bonds. The Bertz CT molecular complexity index is 735. The molecule has 28 heavy (non-hydrogen) atoms. The van der Waals surface area contributed by atoms with Crippen molar-refractivity contribution in [2.24, 2.45) is 5.73 Å². The molecule has 1 saturated heterocycles. The number of nitrogens with two attached hydrogens (primary N) is 1. The van der Waals surface area contributed by atoms with Crippen LogP contribution in [0.25, 0.3) is 0 Å². The van der Waals surface area contributed by atoms with Crippen LogP contribution in [0.2, 0.25) is 5.02 Å². The fourth-order valence-electron chi connectivity index (χ4n) is 3.22. The van der Waals surface area contributed by atoms with Crippen molar-refractivity contribution in [3.05, 3.63) is 70.5 Å². The van der Waals surface area contributed by atoms with E-state index in [0.29, 0.717) is 49.7 Å². The van der Waals surface area contributed by atoms with Crippen LogP contribution in [0.3, 0.4) is 0 Å². The molecule has 1 unspecified atom stereocenters. The first kappa shape index (κ1) is 24.7. The molecule has 2 aromatic rings. The third kappa shape index (κ3) is 6.33. The first-order valence-electron chi connectivity index (χ1n) is 8.78. The van der Waals surface area contributed by atoms with Gasteiger partial charge >= 0.3 is 0 Å². The smallest absolute Gasteiger partial charge is 0.239 e. The van der Waals surface area contributed by atoms with E-state index in [1.807, 2.05) is 30.3 Å². The second kappa shape index (κ2) is 11.6. The number of piperazine rings is 1. The van der Waals surface area contributed by atoms with E-state index in [-0.39, 0.29) is 36.5 Å². The second-order valence-electron chi connectivity index (χ2n) is 6.60. The Morgan fingerprint density at radius 2 is 1.68 bits per heavy atom. The van der Waals surface area contributed by atoms with E-state index in [2.05, 4.69) is 4.90 Å². The van der Waals surface area contributed by atoms with Crippen molar-refractivity contribution in [3.63, 3.8) is 0 Å². The quantitative estimate of drug-likeness (QED) is 0.761. The van der Waals surface area contributed by atoms with Crippen LogP contribution in [0.15, 0.2) is 48.5 Å². The molecule has 8 heteroatoms. The fourth-order valence-corrected chi connectivity index (χ4v) is 3.45. The molecule has 154 valence electrons. The predicted molar refractivity (Wildman–Crippen MR) is 116 cm³/mol. The average Bonchev–Trinajstić information content (AvgIpc) is 2.65. The third-order valence-corrected chi connectivity index (χ3v) is 5.10. The van der Waals surface area contributed by atoms with Gasteiger partial charge in [-0.05, 0) is 24.1 Å². The number of rotatable bonds is 5. The lowest BCUT2D eigenvalue weighted by atomic mass is 10.1. The summed E-state index contributed by atoms with van der Waals surface area (Å²) in [5, 5.41) is 0.438. The summed E-state index contributed by atoms with van der Waals surface area (Å²) in [7, 11) is 0. The van der Waals surface area contributed by atoms with E-state index in [1.54, 1.807) is 17.0 Å². The van der Waals surface area contributed by atoms with Gasteiger partial charge in [0.2, 0.25) is 5.91 Å². The van der Waals surface area contributed by atoms with Gasteiger partial charge in [-0.25, -0.2) is 4.39 Å². The van der Waals surface area contributed by atoms with Crippen molar-refractivity contribution in [2.75, 3.05) is 26.2 Å². The Morgan fingerprint density at radius 3 is 2.29 bits per heavy atom. The third-order valence-electron chi connectivity index (χ3n) is 4.74. The van der Waals surface area contributed by atoms with Crippen LogP contribution in [0.5, 0.6) is 0 Å². The van der Waals surface area contributed by atoms with Crippen molar-refractivity contribution in [1.82, 2.24) is 9.80 Å². The molecule has 0 spiro atoms. The molecule has 2 aromatic carbocycles. The molecule has 0 saturated carbocycles. The van der Waals surface area contributed by atoms with Crippen molar-refractivity contribution >= 4 is 42.3 Å². The van der Waals surface area contributed by atoms with Gasteiger partial charge in [-0.2, -0.15) is 0 Å². The van der Waals surface area contributed by atoms with Gasteiger partial charge in [-0.3, -0.25) is 9.69 Å². The number of nitrogens with zero attached hydrogens (tertiary/aromatic N) is 2. The maximum absolute atomic E-state index is 13.9. The lowest BCUT2D eigenvalue weighted by Gasteiger charge is -2.36. The van der Waals surface area contributed by atoms with E-state index >= 15 is 0 Å². The molecule has 0 radical (unpaired) electrons. The molecule has 1 aliphatic heterocycles. The maximum Gasteiger partial charge on any atom is 0.239 e. The molecule has 1 aliphatic rings. The molecule has 4 nitrogen and oxygen atoms in total. The summed E-state index contributed by atoms with van der Waals surface area (Å²) in [5.41, 5.74) is 7.67. The first-order valence-corrected chi connectivity index (χ1v) is 9.16. The largest absolute Gasteiger partial charge is 0.339 e. The molecule has 0 aromatic heterocycles. The Morgan fingerprint density at radius 1 is 1.04 bits per heavy atom. The van der Waals surface area contributed by atoms with Gasteiger partial charge in [0.05, 0.1) is 6.04 Å². The number of benzene rings is 2. The van der Waals surface area contributed by atoms with Crippen LogP contribution < -0.4 is 5.73 Å². The topological polar surface area (TPSA) is 49.6 Å². The Labute approximate surface area is 182 Å². The summed E-state index contributed by atoms with van der Waals surface area (Å²) >= 11 is 6.10. The summed E-state index contributed by atoms with van der Waals surface area (Å²) < 4.78 is 13.9. The highest BCUT2D eigenvalue weighted by Gasteiger charge is 2.26. The van der Waals surface area contributed by atoms with Gasteiger partial charge in [0.15, 0.2) is 0 Å². The first-order chi connectivity index (χ1) is 12.5. The van der Waals surface area contributed by atoms with E-state index in [1.165, 1.54) is 6.07 Å². The maximum atomic E-state index is 13.9. The van der Waals surface area contributed by atoms with Crippen molar-refractivity contribution < 1.29 is 9.18 Å². The molecular formula is C20H25Cl3FN3O.